The smallest absolute Gasteiger partial charge is 1.00 e. The van der Waals surface area contributed by atoms with Gasteiger partial charge >= 0.3 is 21.7 Å². The molecule has 0 saturated carbocycles. The van der Waals surface area contributed by atoms with Gasteiger partial charge in [0.2, 0.25) is 0 Å². The maximum atomic E-state index is 3.36. The van der Waals surface area contributed by atoms with E-state index in [4.69, 9.17) is 0 Å². The maximum absolute atomic E-state index is 3.36. The molecule has 0 aliphatic heterocycles. The SMILES string of the molecule is CC1=[C-]C(C)C(C)=C1C.Cc1c([Si](c2cc(Cc3ccccc3)c(Cc3ccccc3)c(C)c2C)c2cc(Cc3ccccc3)c(Cc3ccccc3)c(C)c2C)cc(Cc2ccccc2)c(Cc2ccccc2)c1C.[Cl-].[Cl-].[Cl-].[Ti+4]. The van der Waals surface area contributed by atoms with Crippen molar-refractivity contribution in [2.75, 3.05) is 0 Å². The Bertz CT molecular complexity index is 3160. The second-order valence-corrected chi connectivity index (χ2v) is 23.9. The molecule has 10 rings (SSSR count). The van der Waals surface area contributed by atoms with Crippen molar-refractivity contribution in [3.8, 4) is 0 Å². The summed E-state index contributed by atoms with van der Waals surface area (Å²) in [6.45, 7) is 23.2. The minimum Gasteiger partial charge on any atom is -1.00 e. The van der Waals surface area contributed by atoms with Crippen molar-refractivity contribution in [2.45, 2.75) is 108 Å². The van der Waals surface area contributed by atoms with Gasteiger partial charge in [-0.25, -0.2) is 5.57 Å². The molecule has 0 amide bonds. The van der Waals surface area contributed by atoms with Gasteiger partial charge in [-0.3, -0.25) is 6.08 Å². The fourth-order valence-corrected chi connectivity index (χ4v) is 15.1. The van der Waals surface area contributed by atoms with E-state index in [0.29, 0.717) is 5.92 Å². The van der Waals surface area contributed by atoms with Gasteiger partial charge in [-0.15, -0.1) is 6.92 Å². The molecule has 1 unspecified atom stereocenters. The van der Waals surface area contributed by atoms with Crippen LogP contribution in [-0.2, 0) is 60.2 Å². The quantitative estimate of drug-likeness (QED) is 0.0574. The summed E-state index contributed by atoms with van der Waals surface area (Å²) in [5.41, 5.74) is 29.6. The van der Waals surface area contributed by atoms with Crippen molar-refractivity contribution in [1.29, 1.82) is 0 Å². The molecule has 9 aromatic carbocycles. The Hall–Kier alpha value is -5.74. The molecule has 1 atom stereocenters. The molecule has 0 fully saturated rings. The van der Waals surface area contributed by atoms with Crippen molar-refractivity contribution < 1.29 is 58.9 Å². The minimum absolute atomic E-state index is 0. The summed E-state index contributed by atoms with van der Waals surface area (Å²) >= 11 is 0. The Balaban J connectivity index is 0.000000825. The maximum Gasteiger partial charge on any atom is 4.00 e. The van der Waals surface area contributed by atoms with E-state index in [-0.39, 0.29) is 58.9 Å². The predicted molar refractivity (Wildman–Crippen MR) is 328 cm³/mol. The Kier molecular flexibility index (Phi) is 24.7. The van der Waals surface area contributed by atoms with Gasteiger partial charge in [0.15, 0.2) is 8.80 Å². The third kappa shape index (κ3) is 15.4. The molecular weight excluding hydrogens is 1080 g/mol. The molecular formula is C75H76Cl3SiTi. The van der Waals surface area contributed by atoms with Crippen LogP contribution in [0, 0.1) is 53.5 Å². The first-order chi connectivity index (χ1) is 36.8. The number of allylic oxidation sites excluding steroid dienone is 4. The third-order valence-corrected chi connectivity index (χ3v) is 20.0. The van der Waals surface area contributed by atoms with Crippen LogP contribution in [0.4, 0.5) is 0 Å². The van der Waals surface area contributed by atoms with Crippen LogP contribution in [0.25, 0.3) is 0 Å². The second-order valence-electron chi connectivity index (χ2n) is 21.6. The van der Waals surface area contributed by atoms with Gasteiger partial charge in [0.25, 0.3) is 0 Å². The predicted octanol–water partition coefficient (Wildman–Crippen LogP) is 7.33. The number of rotatable bonds is 15. The van der Waals surface area contributed by atoms with Gasteiger partial charge in [0.1, 0.15) is 0 Å². The average molecular weight is 1160 g/mol. The summed E-state index contributed by atoms with van der Waals surface area (Å²) in [5.74, 6) is 0.560. The molecule has 405 valence electrons. The van der Waals surface area contributed by atoms with Gasteiger partial charge in [-0.1, -0.05) is 227 Å². The molecule has 0 spiro atoms. The normalized spacial score (nSPS) is 12.5. The Morgan fingerprint density at radius 1 is 0.325 bits per heavy atom. The van der Waals surface area contributed by atoms with E-state index in [9.17, 15) is 0 Å². The van der Waals surface area contributed by atoms with E-state index < -0.39 is 8.80 Å². The van der Waals surface area contributed by atoms with Gasteiger partial charge in [-0.2, -0.15) is 11.1 Å². The van der Waals surface area contributed by atoms with Crippen LogP contribution in [0.3, 0.4) is 0 Å². The van der Waals surface area contributed by atoms with Crippen LogP contribution in [0.1, 0.15) is 128 Å². The van der Waals surface area contributed by atoms with E-state index >= 15 is 0 Å². The first kappa shape index (κ1) is 65.1. The molecule has 0 nitrogen and oxygen atoms in total. The van der Waals surface area contributed by atoms with Crippen LogP contribution in [0.5, 0.6) is 0 Å². The molecule has 1 radical (unpaired) electrons. The van der Waals surface area contributed by atoms with Crippen molar-refractivity contribution in [2.24, 2.45) is 5.92 Å². The zero-order valence-corrected chi connectivity index (χ0v) is 53.3. The fraction of sp³-hybridized carbons (Fsp3) is 0.227. The molecule has 1 aliphatic carbocycles. The second kappa shape index (κ2) is 30.4. The average Bonchev–Trinajstić information content (AvgIpc) is 3.77. The van der Waals surface area contributed by atoms with Crippen LogP contribution in [-0.4, -0.2) is 8.80 Å². The molecule has 1 aliphatic rings. The van der Waals surface area contributed by atoms with Crippen molar-refractivity contribution in [3.63, 3.8) is 0 Å². The van der Waals surface area contributed by atoms with Gasteiger partial charge in [0.05, 0.1) is 0 Å². The van der Waals surface area contributed by atoms with E-state index in [2.05, 4.69) is 276 Å². The first-order valence-corrected chi connectivity index (χ1v) is 29.1. The van der Waals surface area contributed by atoms with Crippen molar-refractivity contribution in [1.82, 2.24) is 0 Å². The van der Waals surface area contributed by atoms with Gasteiger partial charge in [-0.05, 0) is 196 Å². The Morgan fingerprint density at radius 2 is 0.550 bits per heavy atom. The van der Waals surface area contributed by atoms with E-state index in [1.165, 1.54) is 132 Å². The molecule has 0 aromatic heterocycles. The first-order valence-electron chi connectivity index (χ1n) is 27.6. The Labute approximate surface area is 516 Å². The van der Waals surface area contributed by atoms with Crippen LogP contribution in [0.2, 0.25) is 0 Å². The fourth-order valence-electron chi connectivity index (χ4n) is 11.6. The standard InChI is InChI=1S/C66H63Si.C9H13.3ClH.Ti/c1-46-49(4)64(43-58(37-52-25-13-7-14-26-52)61(46)40-55-31-19-10-20-32-55)67(65-44-59(38-53-27-15-8-16-28-53)62(47(2)50(65)5)41-56-33-21-11-22-34-56)66-45-60(39-54-29-17-9-18-30-54)63(48(3)51(66)6)42-57-35-23-12-24-36-57;1-6-5-7(2)9(4)8(6)3;;;;/h7-36,43-45H,37-42H2,1-6H3;6H,1-4H3;3*1H;/q;-1;;;;+4/p-3. The molecule has 5 heteroatoms. The minimum atomic E-state index is -1.64. The van der Waals surface area contributed by atoms with Crippen LogP contribution < -0.4 is 52.8 Å². The summed E-state index contributed by atoms with van der Waals surface area (Å²) in [6, 6.07) is 74.7. The Morgan fingerprint density at radius 3 is 0.738 bits per heavy atom. The molecule has 0 N–H and O–H groups in total. The van der Waals surface area contributed by atoms with Gasteiger partial charge in [0, 0.05) is 0 Å². The van der Waals surface area contributed by atoms with Gasteiger partial charge < -0.3 is 37.2 Å². The summed E-state index contributed by atoms with van der Waals surface area (Å²) in [4.78, 5) is 0. The molecule has 9 aromatic rings. The molecule has 0 bridgehead atoms. The number of hydrogen-bond acceptors (Lipinski definition) is 0. The largest absolute Gasteiger partial charge is 4.00 e. The summed E-state index contributed by atoms with van der Waals surface area (Å²) in [5, 5.41) is 4.54. The van der Waals surface area contributed by atoms with Crippen LogP contribution >= 0.6 is 0 Å². The van der Waals surface area contributed by atoms with Crippen molar-refractivity contribution in [3.05, 3.63) is 323 Å². The van der Waals surface area contributed by atoms with E-state index in [1.54, 1.807) is 0 Å². The zero-order valence-electron chi connectivity index (χ0n) is 48.5. The third-order valence-electron chi connectivity index (χ3n) is 16.8. The number of hydrogen-bond donors (Lipinski definition) is 0. The summed E-state index contributed by atoms with van der Waals surface area (Å²) in [7, 11) is -1.64. The van der Waals surface area contributed by atoms with E-state index in [0.717, 1.165) is 38.5 Å². The van der Waals surface area contributed by atoms with Crippen LogP contribution in [0.15, 0.2) is 217 Å². The summed E-state index contributed by atoms with van der Waals surface area (Å²) < 4.78 is 0. The number of halogens is 3. The molecule has 0 heterocycles. The topological polar surface area (TPSA) is 0 Å². The molecule has 80 heavy (non-hydrogen) atoms. The zero-order chi connectivity index (χ0) is 53.3. The van der Waals surface area contributed by atoms with E-state index in [1.807, 2.05) is 0 Å². The summed E-state index contributed by atoms with van der Waals surface area (Å²) in [6.07, 6.45) is 8.79. The number of benzene rings is 9. The van der Waals surface area contributed by atoms with Crippen molar-refractivity contribution >= 4 is 24.4 Å². The monoisotopic (exact) mass is 1160 g/mol. The molecule has 0 saturated heterocycles.